The Morgan fingerprint density at radius 3 is 2.26 bits per heavy atom. The highest BCUT2D eigenvalue weighted by molar-refractivity contribution is 5.85. The molecule has 170 valence electrons. The number of amides is 3. The predicted octanol–water partition coefficient (Wildman–Crippen LogP) is 0.572. The summed E-state index contributed by atoms with van der Waals surface area (Å²) in [5.41, 5.74) is 0.394. The summed E-state index contributed by atoms with van der Waals surface area (Å²) < 4.78 is -0.848. The monoisotopic (exact) mass is 454 g/mol. The smallest absolute Gasteiger partial charge is 0.324 e. The van der Waals surface area contributed by atoms with Crippen LogP contribution in [0.15, 0.2) is 24.3 Å². The van der Waals surface area contributed by atoms with Crippen LogP contribution >= 0.6 is 12.4 Å². The maximum absolute atomic E-state index is 13.1. The standard InChI is InChI=1S/C20H26N4O6.ClH/c1-15(25)22-10-11-24(20(27)28,14-18(22)13-21-8-2-3-9-21)19(26)12-16-4-6-17(7-5-16)23(29)30;/h4-7,18H,2-3,8-14H2,1H3;1H. The zero-order chi connectivity index (χ0) is 21.9. The Bertz CT molecular complexity index is 843. The summed E-state index contributed by atoms with van der Waals surface area (Å²) in [4.78, 5) is 51.5. The second kappa shape index (κ2) is 10.2. The minimum Gasteiger partial charge on any atom is -0.498 e. The maximum Gasteiger partial charge on any atom is 0.324 e. The van der Waals surface area contributed by atoms with Gasteiger partial charge in [-0.25, -0.2) is 9.28 Å². The van der Waals surface area contributed by atoms with Crippen molar-refractivity contribution in [2.75, 3.05) is 39.3 Å². The molecule has 31 heavy (non-hydrogen) atoms. The number of nitro groups is 1. The molecule has 2 saturated heterocycles. The lowest BCUT2D eigenvalue weighted by atomic mass is 10.0. The lowest BCUT2D eigenvalue weighted by Gasteiger charge is -2.47. The van der Waals surface area contributed by atoms with Gasteiger partial charge in [0.25, 0.3) is 11.8 Å². The Kier molecular flexibility index (Phi) is 8.10. The van der Waals surface area contributed by atoms with E-state index in [1.165, 1.54) is 31.2 Å². The lowest BCUT2D eigenvalue weighted by Crippen LogP contribution is -2.73. The highest BCUT2D eigenvalue weighted by Gasteiger charge is 2.47. The molecule has 2 fully saturated rings. The predicted molar refractivity (Wildman–Crippen MR) is 111 cm³/mol. The molecule has 0 radical (unpaired) electrons. The van der Waals surface area contributed by atoms with E-state index in [1.54, 1.807) is 4.90 Å². The number of benzene rings is 1. The number of halogens is 1. The molecule has 3 amide bonds. The van der Waals surface area contributed by atoms with Crippen LogP contribution in [-0.2, 0) is 16.0 Å². The van der Waals surface area contributed by atoms with E-state index < -0.39 is 27.4 Å². The topological polar surface area (TPSA) is 124 Å². The first-order valence-electron chi connectivity index (χ1n) is 10.1. The van der Waals surface area contributed by atoms with Crippen molar-refractivity contribution in [3.05, 3.63) is 39.9 Å². The number of nitrogens with zero attached hydrogens (tertiary/aromatic N) is 4. The van der Waals surface area contributed by atoms with Gasteiger partial charge in [-0.3, -0.25) is 14.9 Å². The Morgan fingerprint density at radius 2 is 1.74 bits per heavy atom. The normalized spacial score (nSPS) is 23.8. The summed E-state index contributed by atoms with van der Waals surface area (Å²) in [6.07, 6.45) is 0.470. The van der Waals surface area contributed by atoms with Crippen LogP contribution in [0, 0.1) is 10.1 Å². The number of imide groups is 1. The van der Waals surface area contributed by atoms with E-state index in [-0.39, 0.29) is 50.1 Å². The molecule has 2 aliphatic rings. The summed E-state index contributed by atoms with van der Waals surface area (Å²) in [5, 5.41) is 22.9. The Balaban J connectivity index is 0.00000341. The van der Waals surface area contributed by atoms with Gasteiger partial charge in [0.15, 0.2) is 0 Å². The van der Waals surface area contributed by atoms with Crippen LogP contribution in [-0.4, -0.2) is 82.4 Å². The van der Waals surface area contributed by atoms with Gasteiger partial charge in [-0.05, 0) is 31.5 Å². The van der Waals surface area contributed by atoms with Gasteiger partial charge in [0.05, 0.1) is 23.9 Å². The van der Waals surface area contributed by atoms with E-state index in [0.29, 0.717) is 12.1 Å². The SMILES string of the molecule is CC(=O)N1CC[N+](C(=O)[O-])(C(=O)Cc2ccc([N+](=O)[O-])cc2)CC1CN1CCCC1.Cl. The van der Waals surface area contributed by atoms with E-state index >= 15 is 0 Å². The average Bonchev–Trinajstić information content (AvgIpc) is 3.20. The van der Waals surface area contributed by atoms with Crippen molar-refractivity contribution in [3.8, 4) is 0 Å². The minimum absolute atomic E-state index is 0. The second-order valence-corrected chi connectivity index (χ2v) is 8.01. The maximum atomic E-state index is 13.1. The number of carboxylic acid groups (broad SMARTS) is 1. The number of nitro benzene ring substituents is 1. The van der Waals surface area contributed by atoms with Crippen LogP contribution < -0.4 is 5.11 Å². The van der Waals surface area contributed by atoms with Gasteiger partial charge in [-0.2, -0.15) is 0 Å². The summed E-state index contributed by atoms with van der Waals surface area (Å²) >= 11 is 0. The molecule has 2 aliphatic heterocycles. The average molecular weight is 455 g/mol. The number of carbonyl (C=O) groups excluding carboxylic acids is 3. The Hall–Kier alpha value is -2.56. The van der Waals surface area contributed by atoms with Gasteiger partial charge < -0.3 is 19.7 Å². The molecule has 0 saturated carbocycles. The molecule has 2 unspecified atom stereocenters. The van der Waals surface area contributed by atoms with E-state index in [2.05, 4.69) is 4.90 Å². The third-order valence-electron chi connectivity index (χ3n) is 6.09. The van der Waals surface area contributed by atoms with Crippen LogP contribution in [0.25, 0.3) is 0 Å². The fraction of sp³-hybridized carbons (Fsp3) is 0.550. The Morgan fingerprint density at radius 1 is 1.13 bits per heavy atom. The van der Waals surface area contributed by atoms with Crippen LogP contribution in [0.2, 0.25) is 0 Å². The van der Waals surface area contributed by atoms with Crippen molar-refractivity contribution in [1.29, 1.82) is 0 Å². The van der Waals surface area contributed by atoms with E-state index in [9.17, 15) is 29.6 Å². The van der Waals surface area contributed by atoms with Crippen LogP contribution in [0.4, 0.5) is 10.5 Å². The molecule has 2 atom stereocenters. The molecule has 10 nitrogen and oxygen atoms in total. The molecule has 0 N–H and O–H groups in total. The molecule has 1 aromatic carbocycles. The van der Waals surface area contributed by atoms with Gasteiger partial charge in [0.2, 0.25) is 5.91 Å². The number of likely N-dealkylation sites (tertiary alicyclic amines) is 1. The van der Waals surface area contributed by atoms with Crippen LogP contribution in [0.3, 0.4) is 0 Å². The molecular formula is C20H27ClN4O6. The van der Waals surface area contributed by atoms with E-state index in [4.69, 9.17) is 0 Å². The number of rotatable bonds is 5. The molecule has 0 bridgehead atoms. The summed E-state index contributed by atoms with van der Waals surface area (Å²) in [6.45, 7) is 3.84. The molecule has 2 heterocycles. The van der Waals surface area contributed by atoms with Crippen molar-refractivity contribution in [2.24, 2.45) is 0 Å². The molecular weight excluding hydrogens is 428 g/mol. The van der Waals surface area contributed by atoms with E-state index in [1.807, 2.05) is 0 Å². The molecule has 3 rings (SSSR count). The zero-order valence-electron chi connectivity index (χ0n) is 17.4. The van der Waals surface area contributed by atoms with Gasteiger partial charge in [-0.1, -0.05) is 12.1 Å². The second-order valence-electron chi connectivity index (χ2n) is 8.01. The van der Waals surface area contributed by atoms with Crippen molar-refractivity contribution < 1.29 is 28.9 Å². The fourth-order valence-electron chi connectivity index (χ4n) is 4.40. The van der Waals surface area contributed by atoms with E-state index in [0.717, 1.165) is 25.9 Å². The van der Waals surface area contributed by atoms with Gasteiger partial charge >= 0.3 is 5.91 Å². The highest BCUT2D eigenvalue weighted by atomic mass is 35.5. The zero-order valence-corrected chi connectivity index (χ0v) is 18.2. The van der Waals surface area contributed by atoms with Gasteiger partial charge in [0.1, 0.15) is 13.1 Å². The number of non-ortho nitro benzene ring substituents is 1. The third-order valence-corrected chi connectivity index (χ3v) is 6.09. The molecule has 0 spiro atoms. The largest absolute Gasteiger partial charge is 0.498 e. The van der Waals surface area contributed by atoms with Crippen molar-refractivity contribution in [1.82, 2.24) is 9.80 Å². The highest BCUT2D eigenvalue weighted by Crippen LogP contribution is 2.23. The van der Waals surface area contributed by atoms with Gasteiger partial charge in [-0.15, -0.1) is 12.4 Å². The van der Waals surface area contributed by atoms with Crippen molar-refractivity contribution in [2.45, 2.75) is 32.2 Å². The van der Waals surface area contributed by atoms with Crippen LogP contribution in [0.5, 0.6) is 0 Å². The number of quaternary nitrogens is 1. The molecule has 0 aliphatic carbocycles. The molecule has 0 aromatic heterocycles. The summed E-state index contributed by atoms with van der Waals surface area (Å²) in [7, 11) is 0. The first-order valence-corrected chi connectivity index (χ1v) is 10.1. The summed E-state index contributed by atoms with van der Waals surface area (Å²) in [6, 6.07) is 5.09. The molecule has 11 heteroatoms. The Labute approximate surface area is 186 Å². The summed E-state index contributed by atoms with van der Waals surface area (Å²) in [5.74, 6) is -0.684. The number of hydrogen-bond donors (Lipinski definition) is 0. The fourth-order valence-corrected chi connectivity index (χ4v) is 4.40. The lowest BCUT2D eigenvalue weighted by molar-refractivity contribution is -0.812. The van der Waals surface area contributed by atoms with Gasteiger partial charge in [0, 0.05) is 25.6 Å². The number of piperazine rings is 1. The quantitative estimate of drug-likeness (QED) is 0.362. The first-order chi connectivity index (χ1) is 14.2. The van der Waals surface area contributed by atoms with Crippen molar-refractivity contribution >= 4 is 36.0 Å². The number of hydrogen-bond acceptors (Lipinski definition) is 7. The van der Waals surface area contributed by atoms with Crippen molar-refractivity contribution in [3.63, 3.8) is 0 Å². The number of carbonyl (C=O) groups is 3. The molecule has 1 aromatic rings. The minimum atomic E-state index is -1.48. The third kappa shape index (κ3) is 5.38. The van der Waals surface area contributed by atoms with Crippen LogP contribution in [0.1, 0.15) is 25.3 Å². The first kappa shape index (κ1) is 24.7.